The smallest absolute Gasteiger partial charge is 0.0716 e. The van der Waals surface area contributed by atoms with Crippen LogP contribution in [0.15, 0.2) is 0 Å². The standard InChI is InChI=1S/C4H10BN/c1-2-4(5)3-6/h4H,2-3,6H2,1H3/t4-/m0/s1. The van der Waals surface area contributed by atoms with Gasteiger partial charge in [-0.05, 0) is 6.54 Å². The Labute approximate surface area is 40.3 Å². The molecule has 0 rings (SSSR count). The number of nitrogens with two attached hydrogens (primary N) is 1. The highest BCUT2D eigenvalue weighted by Gasteiger charge is 1.88. The molecule has 0 aliphatic heterocycles. The third-order valence-corrected chi connectivity index (χ3v) is 0.827. The van der Waals surface area contributed by atoms with Crippen molar-refractivity contribution < 1.29 is 0 Å². The van der Waals surface area contributed by atoms with Crippen molar-refractivity contribution in [1.82, 2.24) is 0 Å². The Morgan fingerprint density at radius 3 is 2.33 bits per heavy atom. The molecule has 0 saturated heterocycles. The van der Waals surface area contributed by atoms with Gasteiger partial charge >= 0.3 is 0 Å². The molecule has 0 spiro atoms. The molecule has 0 saturated carbocycles. The molecule has 1 nitrogen and oxygen atoms in total. The Hall–Kier alpha value is 0.0249. The normalized spacial score (nSPS) is 14.3. The molecule has 0 amide bonds. The zero-order valence-corrected chi connectivity index (χ0v) is 4.15. The van der Waals surface area contributed by atoms with Crippen LogP contribution >= 0.6 is 0 Å². The van der Waals surface area contributed by atoms with E-state index in [1.807, 2.05) is 6.92 Å². The van der Waals surface area contributed by atoms with Gasteiger partial charge in [-0.15, -0.1) is 0 Å². The predicted molar refractivity (Wildman–Crippen MR) is 28.8 cm³/mol. The second kappa shape index (κ2) is 3.22. The van der Waals surface area contributed by atoms with Gasteiger partial charge in [0.05, 0.1) is 7.85 Å². The molecule has 0 aliphatic carbocycles. The summed E-state index contributed by atoms with van der Waals surface area (Å²) in [5.74, 6) is 0.213. The largest absolute Gasteiger partial charge is 0.331 e. The van der Waals surface area contributed by atoms with Crippen molar-refractivity contribution in [3.05, 3.63) is 0 Å². The molecule has 0 aromatic rings. The molecule has 0 aliphatic rings. The lowest BCUT2D eigenvalue weighted by molar-refractivity contribution is 0.803. The fourth-order valence-corrected chi connectivity index (χ4v) is 0.167. The predicted octanol–water partition coefficient (Wildman–Crippen LogP) is 0.312. The van der Waals surface area contributed by atoms with Crippen molar-refractivity contribution in [2.45, 2.75) is 19.2 Å². The topological polar surface area (TPSA) is 26.0 Å². The summed E-state index contributed by atoms with van der Waals surface area (Å²) < 4.78 is 0. The third kappa shape index (κ3) is 2.27. The minimum absolute atomic E-state index is 0.213. The summed E-state index contributed by atoms with van der Waals surface area (Å²) in [6, 6.07) is 0. The zero-order chi connectivity index (χ0) is 4.99. The van der Waals surface area contributed by atoms with E-state index >= 15 is 0 Å². The minimum Gasteiger partial charge on any atom is -0.331 e. The molecular weight excluding hydrogens is 72.9 g/mol. The summed E-state index contributed by atoms with van der Waals surface area (Å²) in [5.41, 5.74) is 5.16. The first-order chi connectivity index (χ1) is 2.81. The first kappa shape index (κ1) is 6.02. The summed E-state index contributed by atoms with van der Waals surface area (Å²) in [6.45, 7) is 2.63. The summed E-state index contributed by atoms with van der Waals surface area (Å²) in [4.78, 5) is 0. The van der Waals surface area contributed by atoms with Crippen molar-refractivity contribution in [1.29, 1.82) is 0 Å². The van der Waals surface area contributed by atoms with Crippen LogP contribution in [0.4, 0.5) is 0 Å². The Morgan fingerprint density at radius 1 is 1.83 bits per heavy atom. The zero-order valence-electron chi connectivity index (χ0n) is 4.15. The summed E-state index contributed by atoms with van der Waals surface area (Å²) in [5, 5.41) is 0. The van der Waals surface area contributed by atoms with Crippen molar-refractivity contribution in [3.63, 3.8) is 0 Å². The van der Waals surface area contributed by atoms with E-state index in [1.165, 1.54) is 0 Å². The molecule has 2 heteroatoms. The second-order valence-electron chi connectivity index (χ2n) is 1.40. The minimum atomic E-state index is 0.213. The lowest BCUT2D eigenvalue weighted by atomic mass is 9.86. The summed E-state index contributed by atoms with van der Waals surface area (Å²) in [7, 11) is 5.35. The van der Waals surface area contributed by atoms with Gasteiger partial charge in [-0.1, -0.05) is 19.2 Å². The molecule has 34 valence electrons. The van der Waals surface area contributed by atoms with Crippen LogP contribution in [-0.2, 0) is 0 Å². The van der Waals surface area contributed by atoms with E-state index in [-0.39, 0.29) is 5.82 Å². The molecule has 6 heavy (non-hydrogen) atoms. The van der Waals surface area contributed by atoms with Gasteiger partial charge in [0, 0.05) is 0 Å². The van der Waals surface area contributed by atoms with Gasteiger partial charge in [-0.3, -0.25) is 0 Å². The van der Waals surface area contributed by atoms with Crippen LogP contribution in [0.25, 0.3) is 0 Å². The molecule has 0 bridgehead atoms. The monoisotopic (exact) mass is 83.1 g/mol. The molecule has 2 N–H and O–H groups in total. The number of hydrogen-bond donors (Lipinski definition) is 1. The van der Waals surface area contributed by atoms with E-state index < -0.39 is 0 Å². The van der Waals surface area contributed by atoms with E-state index in [0.29, 0.717) is 6.54 Å². The van der Waals surface area contributed by atoms with Gasteiger partial charge in [0.25, 0.3) is 0 Å². The van der Waals surface area contributed by atoms with Crippen molar-refractivity contribution in [2.24, 2.45) is 5.73 Å². The van der Waals surface area contributed by atoms with Crippen LogP contribution < -0.4 is 5.73 Å². The van der Waals surface area contributed by atoms with Gasteiger partial charge in [0.15, 0.2) is 0 Å². The average molecular weight is 82.9 g/mol. The number of rotatable bonds is 2. The third-order valence-electron chi connectivity index (χ3n) is 0.827. The quantitative estimate of drug-likeness (QED) is 0.477. The Balaban J connectivity index is 2.75. The van der Waals surface area contributed by atoms with Crippen LogP contribution in [0.3, 0.4) is 0 Å². The van der Waals surface area contributed by atoms with Crippen LogP contribution in [0.1, 0.15) is 13.3 Å². The van der Waals surface area contributed by atoms with Gasteiger partial charge in [0.1, 0.15) is 0 Å². The molecular formula is C4H10BN. The van der Waals surface area contributed by atoms with Gasteiger partial charge in [-0.2, -0.15) is 0 Å². The lowest BCUT2D eigenvalue weighted by Gasteiger charge is -1.99. The lowest BCUT2D eigenvalue weighted by Crippen LogP contribution is -2.06. The number of hydrogen-bond acceptors (Lipinski definition) is 1. The Kier molecular flexibility index (Phi) is 3.24. The molecule has 0 aromatic heterocycles. The molecule has 0 heterocycles. The van der Waals surface area contributed by atoms with Crippen LogP contribution in [0.5, 0.6) is 0 Å². The van der Waals surface area contributed by atoms with Crippen molar-refractivity contribution in [3.8, 4) is 0 Å². The second-order valence-corrected chi connectivity index (χ2v) is 1.40. The SMILES string of the molecule is [B][C@@H](CC)CN. The maximum Gasteiger partial charge on any atom is 0.0716 e. The van der Waals surface area contributed by atoms with Gasteiger partial charge in [0.2, 0.25) is 0 Å². The van der Waals surface area contributed by atoms with Crippen molar-refractivity contribution >= 4 is 7.85 Å². The van der Waals surface area contributed by atoms with Crippen molar-refractivity contribution in [2.75, 3.05) is 6.54 Å². The van der Waals surface area contributed by atoms with E-state index in [0.717, 1.165) is 6.42 Å². The fraction of sp³-hybridized carbons (Fsp3) is 1.00. The van der Waals surface area contributed by atoms with E-state index in [1.54, 1.807) is 0 Å². The molecule has 2 radical (unpaired) electrons. The van der Waals surface area contributed by atoms with E-state index in [4.69, 9.17) is 13.6 Å². The van der Waals surface area contributed by atoms with E-state index in [9.17, 15) is 0 Å². The molecule has 0 unspecified atom stereocenters. The average Bonchev–Trinajstić information content (AvgIpc) is 1.65. The van der Waals surface area contributed by atoms with Crippen LogP contribution in [-0.4, -0.2) is 14.4 Å². The Morgan fingerprint density at radius 2 is 2.33 bits per heavy atom. The summed E-state index contributed by atoms with van der Waals surface area (Å²) >= 11 is 0. The highest BCUT2D eigenvalue weighted by Crippen LogP contribution is 1.97. The maximum atomic E-state index is 5.35. The molecule has 0 aromatic carbocycles. The van der Waals surface area contributed by atoms with Gasteiger partial charge in [-0.25, -0.2) is 0 Å². The first-order valence-corrected chi connectivity index (χ1v) is 2.27. The highest BCUT2D eigenvalue weighted by atomic mass is 14.5. The van der Waals surface area contributed by atoms with Gasteiger partial charge < -0.3 is 5.73 Å². The first-order valence-electron chi connectivity index (χ1n) is 2.27. The molecule has 1 atom stereocenters. The van der Waals surface area contributed by atoms with Crippen LogP contribution in [0, 0.1) is 0 Å². The molecule has 0 fully saturated rings. The summed E-state index contributed by atoms with van der Waals surface area (Å²) in [6.07, 6.45) is 0.983. The Bertz CT molecular complexity index is 26.7. The fourth-order valence-electron chi connectivity index (χ4n) is 0.167. The maximum absolute atomic E-state index is 5.35. The highest BCUT2D eigenvalue weighted by molar-refractivity contribution is 6.11. The van der Waals surface area contributed by atoms with E-state index in [2.05, 4.69) is 0 Å². The van der Waals surface area contributed by atoms with Crippen LogP contribution in [0.2, 0.25) is 5.82 Å².